The van der Waals surface area contributed by atoms with Crippen LogP contribution in [0.1, 0.15) is 42.5 Å². The Morgan fingerprint density at radius 3 is 2.33 bits per heavy atom. The van der Waals surface area contributed by atoms with Crippen LogP contribution in [-0.4, -0.2) is 15.9 Å². The number of hydrogen-bond acceptors (Lipinski definition) is 3. The molecule has 0 unspecified atom stereocenters. The molecule has 0 atom stereocenters. The number of rotatable bonds is 2. The van der Waals surface area contributed by atoms with Gasteiger partial charge in [-0.2, -0.15) is 13.2 Å². The number of amides is 1. The van der Waals surface area contributed by atoms with Gasteiger partial charge in [-0.3, -0.25) is 9.78 Å². The van der Waals surface area contributed by atoms with Crippen molar-refractivity contribution >= 4 is 23.2 Å². The van der Waals surface area contributed by atoms with Crippen LogP contribution in [0, 0.1) is 0 Å². The first-order valence-corrected chi connectivity index (χ1v) is 7.38. The number of benzene rings is 1. The van der Waals surface area contributed by atoms with Gasteiger partial charge in [-0.05, 0) is 12.1 Å². The molecule has 1 heterocycles. The molecule has 0 aliphatic rings. The quantitative estimate of drug-likeness (QED) is 0.847. The summed E-state index contributed by atoms with van der Waals surface area (Å²) in [5.74, 6) is -0.818. The Bertz CT molecular complexity index is 770. The van der Waals surface area contributed by atoms with Gasteiger partial charge in [0, 0.05) is 5.41 Å². The molecule has 0 saturated heterocycles. The van der Waals surface area contributed by atoms with Crippen LogP contribution in [0.2, 0.25) is 5.15 Å². The van der Waals surface area contributed by atoms with Crippen molar-refractivity contribution in [2.24, 2.45) is 0 Å². The maximum atomic E-state index is 12.9. The average Bonchev–Trinajstić information content (AvgIpc) is 2.45. The maximum absolute atomic E-state index is 12.9. The molecule has 2 rings (SSSR count). The molecule has 4 nitrogen and oxygen atoms in total. The van der Waals surface area contributed by atoms with Crippen molar-refractivity contribution in [2.45, 2.75) is 32.4 Å². The van der Waals surface area contributed by atoms with Crippen molar-refractivity contribution in [3.63, 3.8) is 0 Å². The van der Waals surface area contributed by atoms with E-state index in [0.29, 0.717) is 5.69 Å². The molecule has 128 valence electrons. The van der Waals surface area contributed by atoms with Crippen LogP contribution < -0.4 is 5.32 Å². The fraction of sp³-hybridized carbons (Fsp3) is 0.312. The van der Waals surface area contributed by atoms with E-state index in [4.69, 9.17) is 11.6 Å². The third kappa shape index (κ3) is 4.03. The highest BCUT2D eigenvalue weighted by molar-refractivity contribution is 6.30. The zero-order valence-electron chi connectivity index (χ0n) is 13.2. The molecular formula is C16H15ClF3N3O. The van der Waals surface area contributed by atoms with E-state index in [0.717, 1.165) is 6.07 Å². The van der Waals surface area contributed by atoms with Crippen LogP contribution in [0.5, 0.6) is 0 Å². The zero-order valence-corrected chi connectivity index (χ0v) is 14.0. The topological polar surface area (TPSA) is 54.9 Å². The van der Waals surface area contributed by atoms with E-state index in [1.807, 2.05) is 20.8 Å². The second-order valence-electron chi connectivity index (χ2n) is 6.14. The van der Waals surface area contributed by atoms with Crippen molar-refractivity contribution in [1.29, 1.82) is 0 Å². The summed E-state index contributed by atoms with van der Waals surface area (Å²) in [7, 11) is 0. The van der Waals surface area contributed by atoms with Crippen LogP contribution in [0.3, 0.4) is 0 Å². The average molecular weight is 358 g/mol. The van der Waals surface area contributed by atoms with E-state index in [2.05, 4.69) is 15.3 Å². The number of nitrogens with zero attached hydrogens (tertiary/aromatic N) is 2. The zero-order chi connectivity index (χ0) is 18.1. The highest BCUT2D eigenvalue weighted by atomic mass is 35.5. The van der Waals surface area contributed by atoms with E-state index < -0.39 is 17.6 Å². The third-order valence-corrected chi connectivity index (χ3v) is 3.42. The number of carbonyl (C=O) groups is 1. The van der Waals surface area contributed by atoms with E-state index in [1.54, 1.807) is 0 Å². The lowest BCUT2D eigenvalue weighted by Gasteiger charge is -2.18. The van der Waals surface area contributed by atoms with Crippen LogP contribution in [-0.2, 0) is 11.6 Å². The van der Waals surface area contributed by atoms with Gasteiger partial charge in [-0.15, -0.1) is 0 Å². The fourth-order valence-electron chi connectivity index (χ4n) is 2.00. The van der Waals surface area contributed by atoms with Gasteiger partial charge < -0.3 is 5.32 Å². The van der Waals surface area contributed by atoms with Crippen molar-refractivity contribution < 1.29 is 18.0 Å². The summed E-state index contributed by atoms with van der Waals surface area (Å²) in [6.45, 7) is 5.63. The number of carbonyl (C=O) groups excluding carboxylic acids is 1. The lowest BCUT2D eigenvalue weighted by atomic mass is 9.92. The van der Waals surface area contributed by atoms with Gasteiger partial charge >= 0.3 is 6.18 Å². The highest BCUT2D eigenvalue weighted by Crippen LogP contribution is 2.34. The third-order valence-electron chi connectivity index (χ3n) is 3.15. The summed E-state index contributed by atoms with van der Waals surface area (Å²) < 4.78 is 38.8. The van der Waals surface area contributed by atoms with Gasteiger partial charge in [0.15, 0.2) is 5.15 Å². The summed E-state index contributed by atoms with van der Waals surface area (Å²) in [6.07, 6.45) is -3.39. The summed E-state index contributed by atoms with van der Waals surface area (Å²) in [5, 5.41) is 2.24. The minimum atomic E-state index is -4.58. The monoisotopic (exact) mass is 357 g/mol. The molecule has 0 radical (unpaired) electrons. The fourth-order valence-corrected chi connectivity index (χ4v) is 2.43. The van der Waals surface area contributed by atoms with Crippen LogP contribution in [0.15, 0.2) is 30.5 Å². The predicted octanol–water partition coefficient (Wildman–Crippen LogP) is 4.70. The molecule has 0 bridgehead atoms. The normalized spacial score (nSPS) is 12.1. The maximum Gasteiger partial charge on any atom is 0.418 e. The number of anilines is 1. The molecule has 0 spiro atoms. The Kier molecular flexibility index (Phi) is 4.85. The van der Waals surface area contributed by atoms with Crippen LogP contribution in [0.4, 0.5) is 18.9 Å². The van der Waals surface area contributed by atoms with Gasteiger partial charge in [0.1, 0.15) is 5.69 Å². The standard InChI is InChI=1S/C16H15ClF3N3O/c1-15(2,3)12-13(17)22-11(8-21-12)14(24)23-10-7-5-4-6-9(10)16(18,19)20/h4-8H,1-3H3,(H,23,24). The number of hydrogen-bond donors (Lipinski definition) is 1. The molecule has 1 N–H and O–H groups in total. The first kappa shape index (κ1) is 18.2. The Hall–Kier alpha value is -2.15. The number of halogens is 4. The second-order valence-corrected chi connectivity index (χ2v) is 6.50. The highest BCUT2D eigenvalue weighted by Gasteiger charge is 2.33. The lowest BCUT2D eigenvalue weighted by molar-refractivity contribution is -0.136. The van der Waals surface area contributed by atoms with Crippen LogP contribution >= 0.6 is 11.6 Å². The number of alkyl halides is 3. The first-order chi connectivity index (χ1) is 11.0. The van der Waals surface area contributed by atoms with Gasteiger partial charge in [0.05, 0.1) is 23.1 Å². The Labute approximate surface area is 142 Å². The number of aromatic nitrogens is 2. The minimum Gasteiger partial charge on any atom is -0.320 e. The van der Waals surface area contributed by atoms with Crippen molar-refractivity contribution in [3.05, 3.63) is 52.6 Å². The smallest absolute Gasteiger partial charge is 0.320 e. The van der Waals surface area contributed by atoms with Crippen LogP contribution in [0.25, 0.3) is 0 Å². The molecule has 1 amide bonds. The van der Waals surface area contributed by atoms with E-state index >= 15 is 0 Å². The molecule has 1 aromatic heterocycles. The molecule has 8 heteroatoms. The number of nitrogens with one attached hydrogen (secondary N) is 1. The van der Waals surface area contributed by atoms with E-state index in [9.17, 15) is 18.0 Å². The Morgan fingerprint density at radius 2 is 1.79 bits per heavy atom. The molecule has 0 saturated carbocycles. The SMILES string of the molecule is CC(C)(C)c1ncc(C(=O)Nc2ccccc2C(F)(F)F)nc1Cl. The van der Waals surface area contributed by atoms with E-state index in [-0.39, 0.29) is 21.9 Å². The van der Waals surface area contributed by atoms with E-state index in [1.165, 1.54) is 24.4 Å². The summed E-state index contributed by atoms with van der Waals surface area (Å²) in [5.41, 5.74) is -1.33. The molecule has 24 heavy (non-hydrogen) atoms. The van der Waals surface area contributed by atoms with Crippen molar-refractivity contribution in [2.75, 3.05) is 5.32 Å². The molecule has 1 aromatic carbocycles. The molecular weight excluding hydrogens is 343 g/mol. The second kappa shape index (κ2) is 6.39. The summed E-state index contributed by atoms with van der Waals surface area (Å²) in [6, 6.07) is 4.69. The van der Waals surface area contributed by atoms with Gasteiger partial charge in [0.2, 0.25) is 0 Å². The largest absolute Gasteiger partial charge is 0.418 e. The van der Waals surface area contributed by atoms with Gasteiger partial charge in [0.25, 0.3) is 5.91 Å². The lowest BCUT2D eigenvalue weighted by Crippen LogP contribution is -2.20. The first-order valence-electron chi connectivity index (χ1n) is 7.01. The van der Waals surface area contributed by atoms with Crippen molar-refractivity contribution in [1.82, 2.24) is 9.97 Å². The molecule has 2 aromatic rings. The summed E-state index contributed by atoms with van der Waals surface area (Å²) >= 11 is 6.03. The molecule has 0 fully saturated rings. The van der Waals surface area contributed by atoms with Gasteiger partial charge in [-0.1, -0.05) is 44.5 Å². The Morgan fingerprint density at radius 1 is 1.17 bits per heavy atom. The molecule has 0 aliphatic heterocycles. The predicted molar refractivity (Wildman–Crippen MR) is 85.1 cm³/mol. The molecule has 0 aliphatic carbocycles. The number of para-hydroxylation sites is 1. The summed E-state index contributed by atoms with van der Waals surface area (Å²) in [4.78, 5) is 20.2. The minimum absolute atomic E-state index is 0.0410. The van der Waals surface area contributed by atoms with Gasteiger partial charge in [-0.25, -0.2) is 4.98 Å². The Balaban J connectivity index is 2.31. The van der Waals surface area contributed by atoms with Crippen molar-refractivity contribution in [3.8, 4) is 0 Å².